The molecular formula is C10H13F2NO. The molecule has 1 aliphatic heterocycles. The number of alkyl halides is 2. The van der Waals surface area contributed by atoms with Gasteiger partial charge < -0.3 is 9.73 Å². The first kappa shape index (κ1) is 9.65. The fraction of sp³-hybridized carbons (Fsp3) is 0.600. The molecule has 0 bridgehead atoms. The summed E-state index contributed by atoms with van der Waals surface area (Å²) in [5.74, 6) is -2.59. The van der Waals surface area contributed by atoms with Crippen LogP contribution in [0, 0.1) is 6.92 Å². The third-order valence-corrected chi connectivity index (χ3v) is 2.57. The smallest absolute Gasteiger partial charge is 0.319 e. The molecule has 0 amide bonds. The van der Waals surface area contributed by atoms with Gasteiger partial charge in [0.05, 0.1) is 6.04 Å². The van der Waals surface area contributed by atoms with E-state index in [9.17, 15) is 8.78 Å². The van der Waals surface area contributed by atoms with Gasteiger partial charge in [0.15, 0.2) is 5.76 Å². The number of halogens is 2. The maximum Gasteiger partial charge on any atom is 0.319 e. The monoisotopic (exact) mass is 201 g/mol. The van der Waals surface area contributed by atoms with Gasteiger partial charge in [0.2, 0.25) is 0 Å². The molecule has 1 N–H and O–H groups in total. The Kier molecular flexibility index (Phi) is 2.31. The van der Waals surface area contributed by atoms with Crippen molar-refractivity contribution in [3.63, 3.8) is 0 Å². The molecule has 0 aromatic carbocycles. The van der Waals surface area contributed by atoms with Crippen LogP contribution >= 0.6 is 0 Å². The van der Waals surface area contributed by atoms with Crippen LogP contribution in [-0.4, -0.2) is 12.6 Å². The van der Waals surface area contributed by atoms with Crippen molar-refractivity contribution in [1.29, 1.82) is 0 Å². The number of hydrogen-bond acceptors (Lipinski definition) is 2. The van der Waals surface area contributed by atoms with E-state index < -0.39 is 12.0 Å². The first-order valence-electron chi connectivity index (χ1n) is 4.79. The summed E-state index contributed by atoms with van der Waals surface area (Å²) in [6.45, 7) is 2.33. The second-order valence-electron chi connectivity index (χ2n) is 3.68. The van der Waals surface area contributed by atoms with Crippen molar-refractivity contribution in [3.8, 4) is 0 Å². The molecule has 4 heteroatoms. The van der Waals surface area contributed by atoms with Crippen LogP contribution in [-0.2, 0) is 5.92 Å². The average molecular weight is 201 g/mol. The maximum atomic E-state index is 13.7. The van der Waals surface area contributed by atoms with Crippen molar-refractivity contribution in [2.24, 2.45) is 0 Å². The number of nitrogens with one attached hydrogen (secondary N) is 1. The van der Waals surface area contributed by atoms with Crippen LogP contribution in [0.15, 0.2) is 16.5 Å². The highest BCUT2D eigenvalue weighted by atomic mass is 19.3. The Morgan fingerprint density at radius 2 is 2.29 bits per heavy atom. The summed E-state index contributed by atoms with van der Waals surface area (Å²) in [7, 11) is 0. The zero-order valence-corrected chi connectivity index (χ0v) is 8.02. The molecule has 0 saturated carbocycles. The largest absolute Gasteiger partial charge is 0.460 e. The van der Waals surface area contributed by atoms with E-state index in [0.29, 0.717) is 18.7 Å². The van der Waals surface area contributed by atoms with E-state index >= 15 is 0 Å². The summed E-state index contributed by atoms with van der Waals surface area (Å²) in [4.78, 5) is 0. The minimum absolute atomic E-state index is 0.227. The van der Waals surface area contributed by atoms with Gasteiger partial charge in [-0.15, -0.1) is 0 Å². The minimum Gasteiger partial charge on any atom is -0.460 e. The van der Waals surface area contributed by atoms with Gasteiger partial charge in [0.1, 0.15) is 5.76 Å². The van der Waals surface area contributed by atoms with Gasteiger partial charge in [-0.2, -0.15) is 8.78 Å². The van der Waals surface area contributed by atoms with Crippen molar-refractivity contribution < 1.29 is 13.2 Å². The Hall–Kier alpha value is -0.900. The molecule has 2 nitrogen and oxygen atoms in total. The van der Waals surface area contributed by atoms with Gasteiger partial charge in [-0.05, 0) is 38.4 Å². The van der Waals surface area contributed by atoms with Crippen LogP contribution in [0.25, 0.3) is 0 Å². The van der Waals surface area contributed by atoms with E-state index in [4.69, 9.17) is 4.42 Å². The predicted octanol–water partition coefficient (Wildman–Crippen LogP) is 2.43. The minimum atomic E-state index is -2.88. The third kappa shape index (κ3) is 1.54. The lowest BCUT2D eigenvalue weighted by Gasteiger charge is -2.20. The summed E-state index contributed by atoms with van der Waals surface area (Å²) in [6, 6.07) is 2.15. The van der Waals surface area contributed by atoms with Gasteiger partial charge in [0.25, 0.3) is 0 Å². The lowest BCUT2D eigenvalue weighted by atomic mass is 10.1. The molecule has 1 saturated heterocycles. The average Bonchev–Trinajstić information content (AvgIpc) is 2.72. The van der Waals surface area contributed by atoms with E-state index in [1.165, 1.54) is 6.07 Å². The number of furan rings is 1. The summed E-state index contributed by atoms with van der Waals surface area (Å²) >= 11 is 0. The highest BCUT2D eigenvalue weighted by Gasteiger charge is 2.45. The summed E-state index contributed by atoms with van der Waals surface area (Å²) < 4.78 is 32.4. The fourth-order valence-electron chi connectivity index (χ4n) is 1.78. The van der Waals surface area contributed by atoms with Crippen molar-refractivity contribution in [3.05, 3.63) is 23.7 Å². The Bertz CT molecular complexity index is 316. The molecule has 1 atom stereocenters. The van der Waals surface area contributed by atoms with Crippen LogP contribution in [0.4, 0.5) is 8.78 Å². The highest BCUT2D eigenvalue weighted by Crippen LogP contribution is 2.36. The van der Waals surface area contributed by atoms with Gasteiger partial charge in [-0.3, -0.25) is 0 Å². The molecule has 0 radical (unpaired) electrons. The second kappa shape index (κ2) is 3.35. The molecule has 0 aliphatic carbocycles. The lowest BCUT2D eigenvalue weighted by molar-refractivity contribution is -0.0571. The van der Waals surface area contributed by atoms with Crippen LogP contribution < -0.4 is 5.32 Å². The highest BCUT2D eigenvalue weighted by molar-refractivity contribution is 5.13. The number of hydrogen-bond donors (Lipinski definition) is 1. The standard InChI is InChI=1S/C10H13F2NO/c1-7-4-5-9(14-7)10(11,12)8-3-2-6-13-8/h4-5,8,13H,2-3,6H2,1H3. The Balaban J connectivity index is 2.22. The van der Waals surface area contributed by atoms with Gasteiger partial charge in [-0.1, -0.05) is 0 Å². The fourth-order valence-corrected chi connectivity index (χ4v) is 1.78. The number of rotatable bonds is 2. The normalized spacial score (nSPS) is 22.9. The Labute approximate surface area is 81.3 Å². The van der Waals surface area contributed by atoms with E-state index in [1.807, 2.05) is 0 Å². The molecular weight excluding hydrogens is 188 g/mol. The second-order valence-corrected chi connectivity index (χ2v) is 3.68. The zero-order chi connectivity index (χ0) is 10.2. The molecule has 2 rings (SSSR count). The topological polar surface area (TPSA) is 25.2 Å². The van der Waals surface area contributed by atoms with Crippen LogP contribution in [0.3, 0.4) is 0 Å². The van der Waals surface area contributed by atoms with Crippen molar-refractivity contribution in [2.75, 3.05) is 6.54 Å². The summed E-state index contributed by atoms with van der Waals surface area (Å²) in [6.07, 6.45) is 1.31. The molecule has 1 aliphatic rings. The molecule has 14 heavy (non-hydrogen) atoms. The van der Waals surface area contributed by atoms with Gasteiger partial charge >= 0.3 is 5.92 Å². The van der Waals surface area contributed by atoms with Crippen LogP contribution in [0.1, 0.15) is 24.4 Å². The molecule has 1 unspecified atom stereocenters. The van der Waals surface area contributed by atoms with Crippen LogP contribution in [0.2, 0.25) is 0 Å². The SMILES string of the molecule is Cc1ccc(C(F)(F)C2CCCN2)o1. The van der Waals surface area contributed by atoms with Crippen molar-refractivity contribution in [1.82, 2.24) is 5.32 Å². The number of aryl methyl sites for hydroxylation is 1. The lowest BCUT2D eigenvalue weighted by Crippen LogP contribution is -2.38. The molecule has 2 heterocycles. The first-order valence-corrected chi connectivity index (χ1v) is 4.79. The van der Waals surface area contributed by atoms with E-state index in [2.05, 4.69) is 5.32 Å². The molecule has 0 spiro atoms. The molecule has 78 valence electrons. The Morgan fingerprint density at radius 3 is 2.79 bits per heavy atom. The Morgan fingerprint density at radius 1 is 1.50 bits per heavy atom. The molecule has 1 aromatic heterocycles. The van der Waals surface area contributed by atoms with E-state index in [0.717, 1.165) is 6.42 Å². The predicted molar refractivity (Wildman–Crippen MR) is 48.4 cm³/mol. The van der Waals surface area contributed by atoms with E-state index in [1.54, 1.807) is 13.0 Å². The van der Waals surface area contributed by atoms with Gasteiger partial charge in [-0.25, -0.2) is 0 Å². The third-order valence-electron chi connectivity index (χ3n) is 2.57. The van der Waals surface area contributed by atoms with Crippen LogP contribution in [0.5, 0.6) is 0 Å². The molecule has 1 fully saturated rings. The summed E-state index contributed by atoms with van der Waals surface area (Å²) in [5, 5.41) is 2.79. The first-order chi connectivity index (χ1) is 6.60. The zero-order valence-electron chi connectivity index (χ0n) is 8.02. The maximum absolute atomic E-state index is 13.7. The van der Waals surface area contributed by atoms with Crippen molar-refractivity contribution in [2.45, 2.75) is 31.7 Å². The summed E-state index contributed by atoms with van der Waals surface area (Å²) in [5.41, 5.74) is 0. The van der Waals surface area contributed by atoms with Crippen molar-refractivity contribution >= 4 is 0 Å². The van der Waals surface area contributed by atoms with E-state index in [-0.39, 0.29) is 5.76 Å². The quantitative estimate of drug-likeness (QED) is 0.795. The van der Waals surface area contributed by atoms with Gasteiger partial charge in [0, 0.05) is 0 Å². The molecule has 1 aromatic rings.